The van der Waals surface area contributed by atoms with Gasteiger partial charge in [0.15, 0.2) is 0 Å². The van der Waals surface area contributed by atoms with E-state index in [0.29, 0.717) is 0 Å². The molecule has 2 aromatic carbocycles. The van der Waals surface area contributed by atoms with Gasteiger partial charge in [-0.05, 0) is 57.0 Å². The summed E-state index contributed by atoms with van der Waals surface area (Å²) in [6.45, 7) is 6.50. The summed E-state index contributed by atoms with van der Waals surface area (Å²) in [6, 6.07) is 13.9. The number of piperidine rings is 1. The number of halogens is 1. The predicted octanol–water partition coefficient (Wildman–Crippen LogP) is 5.63. The molecular weight excluding hydrogens is 329 g/mol. The Morgan fingerprint density at radius 2 is 1.80 bits per heavy atom. The molecule has 4 rings (SSSR count). The Labute approximate surface area is 153 Å². The molecule has 1 nitrogen and oxygen atoms in total. The summed E-state index contributed by atoms with van der Waals surface area (Å²) in [5.74, 6) is -0.104. The van der Waals surface area contributed by atoms with Gasteiger partial charge < -0.3 is 4.90 Å². The summed E-state index contributed by atoms with van der Waals surface area (Å²) in [7, 11) is 2.18. The molecule has 2 heterocycles. The van der Waals surface area contributed by atoms with Crippen LogP contribution in [-0.4, -0.2) is 25.0 Å². The van der Waals surface area contributed by atoms with Gasteiger partial charge in [0.25, 0.3) is 0 Å². The maximum Gasteiger partial charge on any atom is 0.128 e. The van der Waals surface area contributed by atoms with Gasteiger partial charge in [-0.1, -0.05) is 41.5 Å². The first-order chi connectivity index (χ1) is 12.0. The fourth-order valence-electron chi connectivity index (χ4n) is 4.16. The molecule has 0 spiro atoms. The van der Waals surface area contributed by atoms with Crippen molar-refractivity contribution in [1.29, 1.82) is 0 Å². The minimum Gasteiger partial charge on any atom is -0.306 e. The Balaban J connectivity index is 1.93. The van der Waals surface area contributed by atoms with Crippen molar-refractivity contribution in [2.45, 2.75) is 36.3 Å². The molecule has 0 amide bonds. The van der Waals surface area contributed by atoms with Gasteiger partial charge in [-0.25, -0.2) is 4.39 Å². The van der Waals surface area contributed by atoms with Gasteiger partial charge in [0.05, 0.1) is 4.75 Å². The van der Waals surface area contributed by atoms with Gasteiger partial charge in [0.1, 0.15) is 5.82 Å². The Morgan fingerprint density at radius 3 is 2.52 bits per heavy atom. The lowest BCUT2D eigenvalue weighted by Crippen LogP contribution is -2.28. The van der Waals surface area contributed by atoms with E-state index < -0.39 is 0 Å². The van der Waals surface area contributed by atoms with Crippen molar-refractivity contribution in [1.82, 2.24) is 4.90 Å². The first-order valence-electron chi connectivity index (χ1n) is 8.95. The number of thioether (sulfide) groups is 1. The van der Waals surface area contributed by atoms with E-state index in [2.05, 4.69) is 44.0 Å². The number of hydrogen-bond acceptors (Lipinski definition) is 2. The van der Waals surface area contributed by atoms with Crippen LogP contribution in [0.1, 0.15) is 36.5 Å². The van der Waals surface area contributed by atoms with Crippen molar-refractivity contribution >= 4 is 17.3 Å². The van der Waals surface area contributed by atoms with E-state index in [9.17, 15) is 4.39 Å². The summed E-state index contributed by atoms with van der Waals surface area (Å²) in [5, 5.41) is 0. The van der Waals surface area contributed by atoms with Crippen LogP contribution in [0, 0.1) is 12.7 Å². The lowest BCUT2D eigenvalue weighted by molar-refractivity contribution is 0.312. The van der Waals surface area contributed by atoms with E-state index in [1.165, 1.54) is 27.2 Å². The van der Waals surface area contributed by atoms with Crippen molar-refractivity contribution < 1.29 is 4.39 Å². The Bertz CT molecular complexity index is 847. The van der Waals surface area contributed by atoms with Crippen LogP contribution < -0.4 is 0 Å². The Kier molecular flexibility index (Phi) is 4.25. The van der Waals surface area contributed by atoms with Gasteiger partial charge in [-0.2, -0.15) is 0 Å². The van der Waals surface area contributed by atoms with Crippen LogP contribution >= 0.6 is 11.8 Å². The molecule has 2 aliphatic rings. The second kappa shape index (κ2) is 6.30. The average Bonchev–Trinajstić information content (AvgIpc) is 2.88. The number of nitrogens with zero attached hydrogens (tertiary/aromatic N) is 1. The van der Waals surface area contributed by atoms with Crippen molar-refractivity contribution in [3.05, 3.63) is 70.5 Å². The quantitative estimate of drug-likeness (QED) is 0.653. The molecule has 3 heteroatoms. The lowest BCUT2D eigenvalue weighted by atomic mass is 9.81. The minimum absolute atomic E-state index is 0.104. The number of aryl methyl sites for hydroxylation is 1. The van der Waals surface area contributed by atoms with E-state index in [1.807, 2.05) is 12.1 Å². The molecule has 25 heavy (non-hydrogen) atoms. The second-order valence-corrected chi connectivity index (χ2v) is 8.86. The maximum absolute atomic E-state index is 14.7. The molecule has 1 fully saturated rings. The van der Waals surface area contributed by atoms with E-state index in [1.54, 1.807) is 23.9 Å². The molecule has 0 aromatic heterocycles. The van der Waals surface area contributed by atoms with E-state index in [4.69, 9.17) is 0 Å². The maximum atomic E-state index is 14.7. The van der Waals surface area contributed by atoms with Gasteiger partial charge in [0.2, 0.25) is 0 Å². The van der Waals surface area contributed by atoms with Crippen LogP contribution in [0.25, 0.3) is 5.57 Å². The van der Waals surface area contributed by atoms with Crippen LogP contribution in [0.4, 0.5) is 4.39 Å². The smallest absolute Gasteiger partial charge is 0.128 e. The fraction of sp³-hybridized carbons (Fsp3) is 0.364. The number of fused-ring (bicyclic) bond motifs is 1. The van der Waals surface area contributed by atoms with Crippen LogP contribution in [0.15, 0.2) is 52.9 Å². The van der Waals surface area contributed by atoms with Crippen molar-refractivity contribution in [3.63, 3.8) is 0 Å². The van der Waals surface area contributed by atoms with Gasteiger partial charge in [-0.15, -0.1) is 11.8 Å². The predicted molar refractivity (Wildman–Crippen MR) is 104 cm³/mol. The third-order valence-corrected chi connectivity index (χ3v) is 6.94. The fourth-order valence-corrected chi connectivity index (χ4v) is 5.64. The Morgan fingerprint density at radius 1 is 1.08 bits per heavy atom. The van der Waals surface area contributed by atoms with E-state index in [0.717, 1.165) is 31.5 Å². The molecule has 1 atom stereocenters. The lowest BCUT2D eigenvalue weighted by Gasteiger charge is -2.32. The van der Waals surface area contributed by atoms with Crippen molar-refractivity contribution in [2.75, 3.05) is 20.1 Å². The number of benzene rings is 2. The molecule has 0 saturated carbocycles. The third kappa shape index (κ3) is 2.84. The number of hydrogen-bond donors (Lipinski definition) is 0. The Hall–Kier alpha value is -1.58. The zero-order chi connectivity index (χ0) is 17.6. The molecule has 2 aliphatic heterocycles. The molecule has 130 valence electrons. The highest BCUT2D eigenvalue weighted by Gasteiger charge is 2.43. The largest absolute Gasteiger partial charge is 0.306 e. The van der Waals surface area contributed by atoms with Crippen LogP contribution in [0.3, 0.4) is 0 Å². The summed E-state index contributed by atoms with van der Waals surface area (Å²) in [4.78, 5) is 3.65. The van der Waals surface area contributed by atoms with Crippen LogP contribution in [0.2, 0.25) is 0 Å². The average molecular weight is 354 g/mol. The summed E-state index contributed by atoms with van der Waals surface area (Å²) in [5.41, 5.74) is 6.24. The van der Waals surface area contributed by atoms with Gasteiger partial charge >= 0.3 is 0 Å². The molecule has 0 N–H and O–H groups in total. The zero-order valence-electron chi connectivity index (χ0n) is 15.1. The normalized spacial score (nSPS) is 23.8. The SMILES string of the molecule is Cc1ccc2c(c1)C(=C1CCN(C)CC1)C(C)(c1ccccc1F)S2. The van der Waals surface area contributed by atoms with Crippen LogP contribution in [-0.2, 0) is 4.75 Å². The minimum atomic E-state index is -0.354. The highest BCUT2D eigenvalue weighted by molar-refractivity contribution is 8.01. The van der Waals surface area contributed by atoms with E-state index >= 15 is 0 Å². The van der Waals surface area contributed by atoms with Gasteiger partial charge in [-0.3, -0.25) is 0 Å². The molecular formula is C22H24FNS. The highest BCUT2D eigenvalue weighted by Crippen LogP contribution is 2.60. The topological polar surface area (TPSA) is 3.24 Å². The summed E-state index contributed by atoms with van der Waals surface area (Å²) < 4.78 is 14.4. The van der Waals surface area contributed by atoms with Crippen molar-refractivity contribution in [2.24, 2.45) is 0 Å². The molecule has 1 unspecified atom stereocenters. The number of rotatable bonds is 1. The highest BCUT2D eigenvalue weighted by atomic mass is 32.2. The van der Waals surface area contributed by atoms with Crippen molar-refractivity contribution in [3.8, 4) is 0 Å². The third-order valence-electron chi connectivity index (χ3n) is 5.53. The summed E-state index contributed by atoms with van der Waals surface area (Å²) >= 11 is 1.81. The first kappa shape index (κ1) is 16.9. The molecule has 1 saturated heterocycles. The molecule has 2 aromatic rings. The van der Waals surface area contributed by atoms with E-state index in [-0.39, 0.29) is 10.6 Å². The first-order valence-corrected chi connectivity index (χ1v) is 9.77. The number of likely N-dealkylation sites (tertiary alicyclic amines) is 1. The standard InChI is InChI=1S/C22H24FNS/c1-15-8-9-20-17(14-15)21(16-10-12-24(3)13-11-16)22(2,25-20)18-6-4-5-7-19(18)23/h4-9,14H,10-13H2,1-3H3. The molecule has 0 bridgehead atoms. The van der Waals surface area contributed by atoms with Gasteiger partial charge in [0, 0.05) is 23.5 Å². The second-order valence-electron chi connectivity index (χ2n) is 7.40. The zero-order valence-corrected chi connectivity index (χ0v) is 15.9. The molecule has 0 radical (unpaired) electrons. The monoisotopic (exact) mass is 353 g/mol. The molecule has 0 aliphatic carbocycles. The summed E-state index contributed by atoms with van der Waals surface area (Å²) in [6.07, 6.45) is 2.15. The van der Waals surface area contributed by atoms with Crippen LogP contribution in [0.5, 0.6) is 0 Å².